The Hall–Kier alpha value is -0.330. The first-order valence-corrected chi connectivity index (χ1v) is 9.30. The predicted molar refractivity (Wildman–Crippen MR) is 91.3 cm³/mol. The number of fused-ring (bicyclic) bond motifs is 1. The van der Waals surface area contributed by atoms with E-state index >= 15 is 0 Å². The molecule has 0 aliphatic carbocycles. The average Bonchev–Trinajstić information content (AvgIpc) is 2.49. The van der Waals surface area contributed by atoms with E-state index < -0.39 is 10.0 Å². The molecule has 2 heterocycles. The summed E-state index contributed by atoms with van der Waals surface area (Å²) in [5.74, 6) is 0.432. The summed E-state index contributed by atoms with van der Waals surface area (Å²) in [6, 6.07) is 5.57. The number of nitrogens with zero attached hydrogens (tertiary/aromatic N) is 1. The van der Waals surface area contributed by atoms with E-state index in [2.05, 4.69) is 5.32 Å². The first-order chi connectivity index (χ1) is 10.00. The van der Waals surface area contributed by atoms with Crippen LogP contribution >= 0.6 is 24.0 Å². The SMILES string of the molecule is Cc1c(Cl)cccc1S(=O)(=O)N1CC[C@@H]2NCCC[C@@H]2C1.Cl. The van der Waals surface area contributed by atoms with E-state index in [9.17, 15) is 8.42 Å². The second-order valence-electron chi connectivity index (χ2n) is 5.98. The molecule has 0 radical (unpaired) electrons. The smallest absolute Gasteiger partial charge is 0.243 e. The van der Waals surface area contributed by atoms with Crippen LogP contribution in [0.5, 0.6) is 0 Å². The Bertz CT molecular complexity index is 636. The number of benzene rings is 1. The minimum Gasteiger partial charge on any atom is -0.314 e. The third-order valence-corrected chi connectivity index (χ3v) is 7.11. The standard InChI is InChI=1S/C15H21ClN2O2S.ClH/c1-11-13(16)5-2-6-15(11)21(19,20)18-9-7-14-12(10-18)4-3-8-17-14;/h2,5-6,12,14,17H,3-4,7-10H2,1H3;1H/t12-,14+;/m1./s1. The molecule has 22 heavy (non-hydrogen) atoms. The van der Waals surface area contributed by atoms with Crippen molar-refractivity contribution in [2.24, 2.45) is 5.92 Å². The van der Waals surface area contributed by atoms with E-state index in [4.69, 9.17) is 11.6 Å². The summed E-state index contributed by atoms with van der Waals surface area (Å²) in [4.78, 5) is 0.345. The number of nitrogens with one attached hydrogen (secondary N) is 1. The zero-order valence-electron chi connectivity index (χ0n) is 12.6. The summed E-state index contributed by atoms with van der Waals surface area (Å²) in [7, 11) is -3.44. The fraction of sp³-hybridized carbons (Fsp3) is 0.600. The lowest BCUT2D eigenvalue weighted by Gasteiger charge is -2.41. The molecule has 0 amide bonds. The first kappa shape index (κ1) is 18.0. The third kappa shape index (κ3) is 3.29. The normalized spacial score (nSPS) is 26.1. The molecule has 124 valence electrons. The molecule has 4 nitrogen and oxygen atoms in total. The lowest BCUT2D eigenvalue weighted by molar-refractivity contribution is 0.171. The Morgan fingerprint density at radius 1 is 1.32 bits per heavy atom. The van der Waals surface area contributed by atoms with Gasteiger partial charge in [0.15, 0.2) is 0 Å². The summed E-state index contributed by atoms with van der Waals surface area (Å²) in [6.07, 6.45) is 3.13. The van der Waals surface area contributed by atoms with Gasteiger partial charge < -0.3 is 5.32 Å². The number of rotatable bonds is 2. The molecule has 0 bridgehead atoms. The molecule has 0 unspecified atom stereocenters. The van der Waals surface area contributed by atoms with Gasteiger partial charge in [0, 0.05) is 24.2 Å². The Labute approximate surface area is 143 Å². The second-order valence-corrected chi connectivity index (χ2v) is 8.29. The summed E-state index contributed by atoms with van der Waals surface area (Å²) in [6.45, 7) is 4.03. The van der Waals surface area contributed by atoms with Crippen LogP contribution in [0.2, 0.25) is 5.02 Å². The molecule has 7 heteroatoms. The minimum atomic E-state index is -3.44. The molecule has 1 aromatic rings. The van der Waals surface area contributed by atoms with Crippen LogP contribution in [0, 0.1) is 12.8 Å². The van der Waals surface area contributed by atoms with Crippen molar-refractivity contribution in [2.45, 2.75) is 37.1 Å². The van der Waals surface area contributed by atoms with Gasteiger partial charge in [-0.15, -0.1) is 12.4 Å². The van der Waals surface area contributed by atoms with E-state index in [0.29, 0.717) is 40.5 Å². The monoisotopic (exact) mass is 364 g/mol. The molecule has 2 aliphatic rings. The van der Waals surface area contributed by atoms with Crippen molar-refractivity contribution in [3.63, 3.8) is 0 Å². The van der Waals surface area contributed by atoms with Gasteiger partial charge in [-0.05, 0) is 56.3 Å². The lowest BCUT2D eigenvalue weighted by atomic mass is 9.86. The highest BCUT2D eigenvalue weighted by molar-refractivity contribution is 7.89. The second kappa shape index (κ2) is 7.05. The number of halogens is 2. The van der Waals surface area contributed by atoms with E-state index in [1.165, 1.54) is 0 Å². The fourth-order valence-electron chi connectivity index (χ4n) is 3.44. The maximum atomic E-state index is 12.9. The van der Waals surface area contributed by atoms with E-state index in [0.717, 1.165) is 25.8 Å². The maximum absolute atomic E-state index is 12.9. The Kier molecular flexibility index (Phi) is 5.78. The molecule has 2 saturated heterocycles. The third-order valence-electron chi connectivity index (χ3n) is 4.69. The summed E-state index contributed by atoms with van der Waals surface area (Å²) >= 11 is 6.08. The maximum Gasteiger partial charge on any atom is 0.243 e. The van der Waals surface area contributed by atoms with Crippen molar-refractivity contribution in [3.8, 4) is 0 Å². The van der Waals surface area contributed by atoms with Crippen molar-refractivity contribution in [3.05, 3.63) is 28.8 Å². The van der Waals surface area contributed by atoms with Crippen molar-refractivity contribution < 1.29 is 8.42 Å². The highest BCUT2D eigenvalue weighted by Crippen LogP contribution is 2.31. The number of hydrogen-bond acceptors (Lipinski definition) is 3. The Morgan fingerprint density at radius 2 is 2.09 bits per heavy atom. The Balaban J connectivity index is 0.00000176. The van der Waals surface area contributed by atoms with Crippen LogP contribution in [0.15, 0.2) is 23.1 Å². The predicted octanol–water partition coefficient (Wildman–Crippen LogP) is 2.83. The van der Waals surface area contributed by atoms with Crippen LogP contribution in [0.4, 0.5) is 0 Å². The summed E-state index contributed by atoms with van der Waals surface area (Å²) in [5, 5.41) is 4.02. The van der Waals surface area contributed by atoms with Gasteiger partial charge in [0.25, 0.3) is 0 Å². The van der Waals surface area contributed by atoms with Crippen LogP contribution in [0.25, 0.3) is 0 Å². The lowest BCUT2D eigenvalue weighted by Crippen LogP contribution is -2.53. The Morgan fingerprint density at radius 3 is 2.86 bits per heavy atom. The molecule has 2 fully saturated rings. The van der Waals surface area contributed by atoms with Gasteiger partial charge in [-0.2, -0.15) is 4.31 Å². The molecule has 0 saturated carbocycles. The van der Waals surface area contributed by atoms with Crippen molar-refractivity contribution in [1.82, 2.24) is 9.62 Å². The van der Waals surface area contributed by atoms with Crippen molar-refractivity contribution in [1.29, 1.82) is 0 Å². The van der Waals surface area contributed by atoms with E-state index in [-0.39, 0.29) is 12.4 Å². The van der Waals surface area contributed by atoms with Crippen LogP contribution in [0.3, 0.4) is 0 Å². The zero-order chi connectivity index (χ0) is 15.0. The van der Waals surface area contributed by atoms with E-state index in [1.54, 1.807) is 29.4 Å². The fourth-order valence-corrected chi connectivity index (χ4v) is 5.43. The van der Waals surface area contributed by atoms with Crippen molar-refractivity contribution in [2.75, 3.05) is 19.6 Å². The van der Waals surface area contributed by atoms with Gasteiger partial charge in [0.2, 0.25) is 10.0 Å². The summed E-state index contributed by atoms with van der Waals surface area (Å²) < 4.78 is 27.4. The highest BCUT2D eigenvalue weighted by Gasteiger charge is 2.37. The number of piperidine rings is 2. The molecule has 3 rings (SSSR count). The molecule has 0 spiro atoms. The quantitative estimate of drug-likeness (QED) is 0.877. The largest absolute Gasteiger partial charge is 0.314 e. The van der Waals surface area contributed by atoms with Gasteiger partial charge in [0.1, 0.15) is 0 Å². The van der Waals surface area contributed by atoms with Crippen LogP contribution < -0.4 is 5.32 Å². The molecule has 2 aliphatic heterocycles. The molecule has 2 atom stereocenters. The zero-order valence-corrected chi connectivity index (χ0v) is 15.0. The highest BCUT2D eigenvalue weighted by atomic mass is 35.5. The molecular weight excluding hydrogens is 343 g/mol. The topological polar surface area (TPSA) is 49.4 Å². The molecular formula is C15H22Cl2N2O2S. The van der Waals surface area contributed by atoms with Crippen LogP contribution in [-0.4, -0.2) is 38.4 Å². The average molecular weight is 365 g/mol. The van der Waals surface area contributed by atoms with Crippen LogP contribution in [0.1, 0.15) is 24.8 Å². The van der Waals surface area contributed by atoms with Crippen molar-refractivity contribution >= 4 is 34.0 Å². The van der Waals surface area contributed by atoms with E-state index in [1.807, 2.05) is 0 Å². The first-order valence-electron chi connectivity index (χ1n) is 7.49. The molecule has 0 aromatic heterocycles. The molecule has 1 aromatic carbocycles. The van der Waals surface area contributed by atoms with Gasteiger partial charge in [-0.3, -0.25) is 0 Å². The van der Waals surface area contributed by atoms with Gasteiger partial charge in [-0.1, -0.05) is 17.7 Å². The number of sulfonamides is 1. The van der Waals surface area contributed by atoms with Gasteiger partial charge >= 0.3 is 0 Å². The van der Waals surface area contributed by atoms with Gasteiger partial charge in [0.05, 0.1) is 4.90 Å². The van der Waals surface area contributed by atoms with Gasteiger partial charge in [-0.25, -0.2) is 8.42 Å². The van der Waals surface area contributed by atoms with Crippen LogP contribution in [-0.2, 0) is 10.0 Å². The summed E-state index contributed by atoms with van der Waals surface area (Å²) in [5.41, 5.74) is 0.642. The minimum absolute atomic E-state index is 0. The molecule has 1 N–H and O–H groups in total. The number of hydrogen-bond donors (Lipinski definition) is 1.